The van der Waals surface area contributed by atoms with Crippen LogP contribution in [-0.2, 0) is 0 Å². The highest BCUT2D eigenvalue weighted by Crippen LogP contribution is 2.39. The van der Waals surface area contributed by atoms with Gasteiger partial charge in [-0.3, -0.25) is 0 Å². The Kier molecular flexibility index (Phi) is 10.4. The third-order valence-corrected chi connectivity index (χ3v) is 14.1. The Morgan fingerprint density at radius 3 is 1.15 bits per heavy atom. The Bertz CT molecular complexity index is 4240. The van der Waals surface area contributed by atoms with Gasteiger partial charge in [0.2, 0.25) is 11.8 Å². The molecule has 14 rings (SSSR count). The van der Waals surface area contributed by atoms with Gasteiger partial charge in [0.05, 0.1) is 11.0 Å². The summed E-state index contributed by atoms with van der Waals surface area (Å²) in [5, 5.41) is 2.44. The van der Waals surface area contributed by atoms with Gasteiger partial charge < -0.3 is 18.3 Å². The van der Waals surface area contributed by atoms with E-state index in [-0.39, 0.29) is 0 Å². The van der Waals surface area contributed by atoms with Crippen LogP contribution in [0, 0.1) is 0 Å². The smallest absolute Gasteiger partial charge is 0.227 e. The summed E-state index contributed by atoms with van der Waals surface area (Å²) in [7, 11) is 0. The van der Waals surface area contributed by atoms with Gasteiger partial charge in [-0.05, 0) is 160 Å². The van der Waals surface area contributed by atoms with Crippen molar-refractivity contribution in [2.24, 2.45) is 0 Å². The van der Waals surface area contributed by atoms with E-state index < -0.39 is 0 Å². The molecule has 0 fully saturated rings. The maximum Gasteiger partial charge on any atom is 0.227 e. The number of fused-ring (bicyclic) bond motifs is 5. The van der Waals surface area contributed by atoms with E-state index in [1.54, 1.807) is 0 Å². The summed E-state index contributed by atoms with van der Waals surface area (Å²) in [6.07, 6.45) is 0. The van der Waals surface area contributed by atoms with Crippen LogP contribution in [0.2, 0.25) is 0 Å². The van der Waals surface area contributed by atoms with E-state index in [0.717, 1.165) is 83.9 Å². The summed E-state index contributed by atoms with van der Waals surface area (Å²) in [6.45, 7) is 0. The maximum absolute atomic E-state index is 6.04. The molecule has 3 aromatic heterocycles. The third kappa shape index (κ3) is 7.79. The number of aromatic nitrogens is 3. The van der Waals surface area contributed by atoms with Crippen molar-refractivity contribution >= 4 is 61.1 Å². The van der Waals surface area contributed by atoms with Gasteiger partial charge in [0.25, 0.3) is 0 Å². The van der Waals surface area contributed by atoms with Crippen LogP contribution >= 0.6 is 0 Å². The molecule has 0 atom stereocenters. The van der Waals surface area contributed by atoms with E-state index in [1.807, 2.05) is 48.5 Å². The molecule has 0 unspecified atom stereocenters. The number of para-hydroxylation sites is 6. The molecule has 6 heteroatoms. The molecule has 11 aromatic carbocycles. The summed E-state index contributed by atoms with van der Waals surface area (Å²) in [5.41, 5.74) is 21.2. The van der Waals surface area contributed by atoms with E-state index in [0.29, 0.717) is 11.8 Å². The lowest BCUT2D eigenvalue weighted by atomic mass is 9.99. The summed E-state index contributed by atoms with van der Waals surface area (Å²) in [6, 6.07) is 94.1. The van der Waals surface area contributed by atoms with Crippen LogP contribution in [0.15, 0.2) is 276 Å². The predicted octanol–water partition coefficient (Wildman–Crippen LogP) is 18.5. The molecule has 0 saturated carbocycles. The first kappa shape index (κ1) is 42.8. The molecule has 0 aliphatic heterocycles. The lowest BCUT2D eigenvalue weighted by Crippen LogP contribution is -2.09. The second kappa shape index (κ2) is 18.0. The minimum absolute atomic E-state index is 0.627. The third-order valence-electron chi connectivity index (χ3n) is 14.1. The highest BCUT2D eigenvalue weighted by Gasteiger charge is 2.17. The van der Waals surface area contributed by atoms with Crippen molar-refractivity contribution in [1.29, 1.82) is 0 Å². The Balaban J connectivity index is 0.689. The maximum atomic E-state index is 6.04. The SMILES string of the molecule is c1ccc(N(c2ccc(-c3ccc(-c4ccc(-n5c6ccccc6c6cc(-c7ccc(-c8nc9ccccc9o8)cc7)ccc65)cc4)cc3)cc2)c2ccc(-c3ccc(-c4nc5ccccc5o4)cc3)cc2)cc1. The molecule has 0 radical (unpaired) electrons. The van der Waals surface area contributed by atoms with Gasteiger partial charge in [0, 0.05) is 44.6 Å². The number of anilines is 3. The molecule has 14 aromatic rings. The van der Waals surface area contributed by atoms with E-state index in [1.165, 1.54) is 38.5 Å². The standard InChI is InChI=1S/C68H44N4O2/c1-2-10-55(11-3-1)71(57-39-32-49(33-40-57)47-22-26-52(27-23-47)67-69-61-13-5-8-16-65(61)73-67)56-37-30-48(31-38-56)45-18-20-46(21-19-45)50-34-41-58(42-35-50)72-63-15-7-4-12-59(63)60-44-54(36-43-64(60)72)51-24-28-53(29-25-51)68-70-62-14-6-9-17-66(62)74-68/h1-44H. The Morgan fingerprint density at radius 1 is 0.284 bits per heavy atom. The van der Waals surface area contributed by atoms with Gasteiger partial charge in [-0.15, -0.1) is 0 Å². The number of benzene rings is 11. The van der Waals surface area contributed by atoms with Crippen molar-refractivity contribution in [1.82, 2.24) is 14.5 Å². The summed E-state index contributed by atoms with van der Waals surface area (Å²) >= 11 is 0. The fourth-order valence-corrected chi connectivity index (χ4v) is 10.3. The molecule has 0 bridgehead atoms. The molecule has 6 nitrogen and oxygen atoms in total. The van der Waals surface area contributed by atoms with Crippen LogP contribution in [0.25, 0.3) is 117 Å². The molecular weight excluding hydrogens is 905 g/mol. The normalized spacial score (nSPS) is 11.5. The van der Waals surface area contributed by atoms with E-state index in [9.17, 15) is 0 Å². The first-order valence-electron chi connectivity index (χ1n) is 24.9. The number of hydrogen-bond acceptors (Lipinski definition) is 5. The summed E-state index contributed by atoms with van der Waals surface area (Å²) in [5.74, 6) is 1.26. The second-order valence-electron chi connectivity index (χ2n) is 18.6. The van der Waals surface area contributed by atoms with Crippen LogP contribution in [0.3, 0.4) is 0 Å². The lowest BCUT2D eigenvalue weighted by Gasteiger charge is -2.26. The Labute approximate surface area is 427 Å². The van der Waals surface area contributed by atoms with Crippen molar-refractivity contribution in [2.45, 2.75) is 0 Å². The molecule has 3 heterocycles. The minimum atomic E-state index is 0.627. The van der Waals surface area contributed by atoms with Crippen molar-refractivity contribution in [3.8, 4) is 73.1 Å². The average molecular weight is 949 g/mol. The van der Waals surface area contributed by atoms with Gasteiger partial charge in [0.15, 0.2) is 11.2 Å². The molecule has 0 amide bonds. The minimum Gasteiger partial charge on any atom is -0.436 e. The topological polar surface area (TPSA) is 60.2 Å². The highest BCUT2D eigenvalue weighted by atomic mass is 16.4. The molecule has 74 heavy (non-hydrogen) atoms. The quantitative estimate of drug-likeness (QED) is 0.137. The summed E-state index contributed by atoms with van der Waals surface area (Å²) in [4.78, 5) is 11.7. The number of rotatable bonds is 10. The van der Waals surface area contributed by atoms with Crippen LogP contribution in [-0.4, -0.2) is 14.5 Å². The average Bonchev–Trinajstić information content (AvgIpc) is 4.21. The van der Waals surface area contributed by atoms with Gasteiger partial charge in [-0.25, -0.2) is 9.97 Å². The first-order valence-corrected chi connectivity index (χ1v) is 24.9. The zero-order valence-corrected chi connectivity index (χ0v) is 40.0. The monoisotopic (exact) mass is 948 g/mol. The Hall–Kier alpha value is -10.0. The van der Waals surface area contributed by atoms with Crippen molar-refractivity contribution in [3.05, 3.63) is 267 Å². The molecular formula is C68H44N4O2. The largest absolute Gasteiger partial charge is 0.436 e. The molecule has 0 aliphatic rings. The molecule has 0 aliphatic carbocycles. The Morgan fingerprint density at radius 2 is 0.649 bits per heavy atom. The molecule has 0 N–H and O–H groups in total. The van der Waals surface area contributed by atoms with E-state index >= 15 is 0 Å². The summed E-state index contributed by atoms with van der Waals surface area (Å²) < 4.78 is 14.4. The number of nitrogens with zero attached hydrogens (tertiary/aromatic N) is 4. The van der Waals surface area contributed by atoms with Crippen LogP contribution < -0.4 is 4.90 Å². The predicted molar refractivity (Wildman–Crippen MR) is 303 cm³/mol. The number of oxazole rings is 2. The number of hydrogen-bond donors (Lipinski definition) is 0. The van der Waals surface area contributed by atoms with Gasteiger partial charge in [0.1, 0.15) is 11.0 Å². The first-order chi connectivity index (χ1) is 36.6. The van der Waals surface area contributed by atoms with Gasteiger partial charge >= 0.3 is 0 Å². The fourth-order valence-electron chi connectivity index (χ4n) is 10.3. The van der Waals surface area contributed by atoms with Crippen LogP contribution in [0.4, 0.5) is 17.1 Å². The van der Waals surface area contributed by atoms with E-state index in [2.05, 4.69) is 233 Å². The second-order valence-corrected chi connectivity index (χ2v) is 18.6. The van der Waals surface area contributed by atoms with Gasteiger partial charge in [-0.2, -0.15) is 0 Å². The van der Waals surface area contributed by atoms with Crippen molar-refractivity contribution in [2.75, 3.05) is 4.90 Å². The fraction of sp³-hybridized carbons (Fsp3) is 0. The van der Waals surface area contributed by atoms with Crippen LogP contribution in [0.1, 0.15) is 0 Å². The molecule has 0 saturated heterocycles. The van der Waals surface area contributed by atoms with Crippen molar-refractivity contribution in [3.63, 3.8) is 0 Å². The molecule has 348 valence electrons. The lowest BCUT2D eigenvalue weighted by molar-refractivity contribution is 0.619. The molecule has 0 spiro atoms. The zero-order chi connectivity index (χ0) is 49.0. The highest BCUT2D eigenvalue weighted by molar-refractivity contribution is 6.10. The van der Waals surface area contributed by atoms with Crippen molar-refractivity contribution < 1.29 is 8.83 Å². The zero-order valence-electron chi connectivity index (χ0n) is 40.0. The van der Waals surface area contributed by atoms with Gasteiger partial charge in [-0.1, -0.05) is 152 Å². The van der Waals surface area contributed by atoms with Crippen LogP contribution in [0.5, 0.6) is 0 Å². The van der Waals surface area contributed by atoms with E-state index in [4.69, 9.17) is 13.8 Å².